The predicted octanol–water partition coefficient (Wildman–Crippen LogP) is 13.0. The van der Waals surface area contributed by atoms with Gasteiger partial charge in [0.25, 0.3) is 0 Å². The van der Waals surface area contributed by atoms with Crippen LogP contribution >= 0.6 is 0 Å². The SMILES string of the molecule is CC(C)(C)c1ccnc(N2c3ccccc3-c3ccccc3-c3ccc(Oc4cccc(N5CN(C6C7CC8CC(C7)CC6C8)c6ccccc65)c4)cc32)c1. The largest absolute Gasteiger partial charge is 0.457 e. The third-order valence-electron chi connectivity index (χ3n) is 13.4. The second-order valence-corrected chi connectivity index (χ2v) is 17.8. The van der Waals surface area contributed by atoms with Crippen molar-refractivity contribution in [2.24, 2.45) is 23.7 Å². The maximum atomic E-state index is 6.84. The fourth-order valence-electron chi connectivity index (χ4n) is 11.2. The molecule has 6 aromatic rings. The van der Waals surface area contributed by atoms with Crippen molar-refractivity contribution in [3.63, 3.8) is 0 Å². The summed E-state index contributed by atoms with van der Waals surface area (Å²) in [5.41, 5.74) is 12.0. The number of ether oxygens (including phenoxy) is 1. The second-order valence-electron chi connectivity index (χ2n) is 17.8. The Labute approximate surface area is 325 Å². The van der Waals surface area contributed by atoms with Gasteiger partial charge in [0.15, 0.2) is 0 Å². The summed E-state index contributed by atoms with van der Waals surface area (Å²) in [4.78, 5) is 12.6. The van der Waals surface area contributed by atoms with Crippen molar-refractivity contribution in [2.75, 3.05) is 21.4 Å². The molecule has 0 radical (unpaired) electrons. The Kier molecular flexibility index (Phi) is 7.46. The molecule has 0 atom stereocenters. The Bertz CT molecular complexity index is 2420. The van der Waals surface area contributed by atoms with Gasteiger partial charge in [0.2, 0.25) is 0 Å². The summed E-state index contributed by atoms with van der Waals surface area (Å²) in [5.74, 6) is 6.11. The van der Waals surface area contributed by atoms with Crippen molar-refractivity contribution in [1.29, 1.82) is 0 Å². The Morgan fingerprint density at radius 2 is 1.20 bits per heavy atom. The molecule has 4 aliphatic carbocycles. The lowest BCUT2D eigenvalue weighted by Gasteiger charge is -2.57. The quantitative estimate of drug-likeness (QED) is 0.177. The highest BCUT2D eigenvalue weighted by Crippen LogP contribution is 2.58. The molecule has 274 valence electrons. The van der Waals surface area contributed by atoms with E-state index in [4.69, 9.17) is 9.72 Å². The summed E-state index contributed by atoms with van der Waals surface area (Å²) in [5, 5.41) is 0. The first-order valence-electron chi connectivity index (χ1n) is 20.4. The predicted molar refractivity (Wildman–Crippen MR) is 225 cm³/mol. The highest BCUT2D eigenvalue weighted by molar-refractivity contribution is 6.02. The lowest BCUT2D eigenvalue weighted by Crippen LogP contribution is -2.56. The number of pyridine rings is 1. The summed E-state index contributed by atoms with van der Waals surface area (Å²) >= 11 is 0. The van der Waals surface area contributed by atoms with Gasteiger partial charge in [-0.05, 0) is 132 Å². The lowest BCUT2D eigenvalue weighted by atomic mass is 9.54. The molecule has 0 spiro atoms. The van der Waals surface area contributed by atoms with Crippen molar-refractivity contribution < 1.29 is 4.74 Å². The molecule has 5 aromatic carbocycles. The van der Waals surface area contributed by atoms with Crippen LogP contribution in [0.2, 0.25) is 0 Å². The monoisotopic (exact) mass is 720 g/mol. The summed E-state index contributed by atoms with van der Waals surface area (Å²) in [6, 6.07) is 46.8. The van der Waals surface area contributed by atoms with E-state index >= 15 is 0 Å². The smallest absolute Gasteiger partial charge is 0.137 e. The fraction of sp³-hybridized carbons (Fsp3) is 0.300. The van der Waals surface area contributed by atoms with Crippen LogP contribution in [0.3, 0.4) is 0 Å². The summed E-state index contributed by atoms with van der Waals surface area (Å²) in [6.45, 7) is 7.66. The van der Waals surface area contributed by atoms with Gasteiger partial charge in [-0.1, -0.05) is 81.4 Å². The second kappa shape index (κ2) is 12.5. The minimum Gasteiger partial charge on any atom is -0.457 e. The molecule has 0 N–H and O–H groups in total. The zero-order valence-corrected chi connectivity index (χ0v) is 32.0. The topological polar surface area (TPSA) is 31.8 Å². The zero-order chi connectivity index (χ0) is 36.8. The Morgan fingerprint density at radius 1 is 0.564 bits per heavy atom. The van der Waals surface area contributed by atoms with Gasteiger partial charge in [0.05, 0.1) is 29.4 Å². The first-order valence-corrected chi connectivity index (χ1v) is 20.4. The van der Waals surface area contributed by atoms with Crippen LogP contribution < -0.4 is 19.4 Å². The number of aromatic nitrogens is 1. The number of rotatable bonds is 5. The Morgan fingerprint density at radius 3 is 1.93 bits per heavy atom. The van der Waals surface area contributed by atoms with E-state index in [1.54, 1.807) is 0 Å². The number of fused-ring (bicyclic) bond motifs is 6. The van der Waals surface area contributed by atoms with Crippen molar-refractivity contribution in [1.82, 2.24) is 4.98 Å². The van der Waals surface area contributed by atoms with E-state index in [0.29, 0.717) is 6.04 Å². The third-order valence-corrected chi connectivity index (χ3v) is 13.4. The molecule has 5 nitrogen and oxygen atoms in total. The van der Waals surface area contributed by atoms with Gasteiger partial charge in [-0.3, -0.25) is 4.90 Å². The number of nitrogens with zero attached hydrogens (tertiary/aromatic N) is 4. The molecular weight excluding hydrogens is 673 g/mol. The standard InChI is InChI=1S/C50H48N4O/c1-50(2,3)36-21-22-51-48(28-36)54-44-16-7-6-15-42(44)40-13-4-5-14-41(40)43-20-19-39(30-47(43)54)55-38-12-10-11-37(29-38)52-31-53(46-18-9-8-17-45(46)52)49-34-24-32-23-33(26-34)27-35(49)25-32/h4-22,28-30,32-35,49H,23-27,31H2,1-3H3. The zero-order valence-electron chi connectivity index (χ0n) is 32.0. The molecule has 3 heterocycles. The van der Waals surface area contributed by atoms with Gasteiger partial charge in [-0.2, -0.15) is 0 Å². The number of hydrogen-bond donors (Lipinski definition) is 0. The number of para-hydroxylation sites is 3. The summed E-state index contributed by atoms with van der Waals surface area (Å²) in [6.07, 6.45) is 9.13. The van der Waals surface area contributed by atoms with Crippen molar-refractivity contribution in [2.45, 2.75) is 64.3 Å². The molecule has 4 saturated carbocycles. The van der Waals surface area contributed by atoms with E-state index < -0.39 is 0 Å². The molecule has 55 heavy (non-hydrogen) atoms. The Hall–Kier alpha value is -5.55. The van der Waals surface area contributed by atoms with Crippen LogP contribution in [0.15, 0.2) is 134 Å². The molecule has 0 amide bonds. The minimum absolute atomic E-state index is 0.0205. The van der Waals surface area contributed by atoms with Crippen molar-refractivity contribution in [3.8, 4) is 33.8 Å². The number of benzene rings is 5. The minimum atomic E-state index is -0.0205. The van der Waals surface area contributed by atoms with Gasteiger partial charge in [0, 0.05) is 41.2 Å². The highest BCUT2D eigenvalue weighted by atomic mass is 16.5. The van der Waals surface area contributed by atoms with Gasteiger partial charge in [-0.25, -0.2) is 4.98 Å². The first kappa shape index (κ1) is 32.8. The van der Waals surface area contributed by atoms with Gasteiger partial charge in [-0.15, -0.1) is 0 Å². The van der Waals surface area contributed by atoms with Crippen LogP contribution in [-0.4, -0.2) is 17.7 Å². The van der Waals surface area contributed by atoms with Crippen molar-refractivity contribution >= 4 is 34.3 Å². The van der Waals surface area contributed by atoms with Gasteiger partial charge in [0.1, 0.15) is 17.3 Å². The maximum Gasteiger partial charge on any atom is 0.137 e. The summed E-state index contributed by atoms with van der Waals surface area (Å²) < 4.78 is 6.84. The number of hydrogen-bond acceptors (Lipinski definition) is 5. The molecule has 0 unspecified atom stereocenters. The highest BCUT2D eigenvalue weighted by Gasteiger charge is 2.51. The first-order chi connectivity index (χ1) is 26.9. The normalized spacial score (nSPS) is 23.2. The van der Waals surface area contributed by atoms with Crippen LogP contribution in [0.25, 0.3) is 22.3 Å². The average molecular weight is 721 g/mol. The van der Waals surface area contributed by atoms with Crippen LogP contribution in [-0.2, 0) is 5.41 Å². The van der Waals surface area contributed by atoms with Crippen molar-refractivity contribution in [3.05, 3.63) is 139 Å². The lowest BCUT2D eigenvalue weighted by molar-refractivity contribution is -0.00219. The summed E-state index contributed by atoms with van der Waals surface area (Å²) in [7, 11) is 0. The molecule has 5 heteroatoms. The van der Waals surface area contributed by atoms with Gasteiger partial charge >= 0.3 is 0 Å². The average Bonchev–Trinajstić information content (AvgIpc) is 3.52. The van der Waals surface area contributed by atoms with E-state index in [1.165, 1.54) is 71.4 Å². The molecule has 0 saturated heterocycles. The molecule has 6 aliphatic rings. The molecule has 12 rings (SSSR count). The van der Waals surface area contributed by atoms with E-state index in [2.05, 4.69) is 163 Å². The molecule has 4 bridgehead atoms. The van der Waals surface area contributed by atoms with Crippen LogP contribution in [0, 0.1) is 23.7 Å². The molecule has 2 aliphatic heterocycles. The van der Waals surface area contributed by atoms with E-state index in [9.17, 15) is 0 Å². The molecule has 4 fully saturated rings. The fourth-order valence-corrected chi connectivity index (χ4v) is 11.2. The van der Waals surface area contributed by atoms with Crippen LogP contribution in [0.5, 0.6) is 11.5 Å². The number of anilines is 6. The molecule has 1 aromatic heterocycles. The third kappa shape index (κ3) is 5.45. The van der Waals surface area contributed by atoms with E-state index in [1.807, 2.05) is 6.20 Å². The van der Waals surface area contributed by atoms with Crippen LogP contribution in [0.1, 0.15) is 58.4 Å². The van der Waals surface area contributed by atoms with Crippen LogP contribution in [0.4, 0.5) is 34.3 Å². The van der Waals surface area contributed by atoms with Gasteiger partial charge < -0.3 is 14.5 Å². The maximum absolute atomic E-state index is 6.84. The van der Waals surface area contributed by atoms with E-state index in [-0.39, 0.29) is 5.41 Å². The molecular formula is C50H48N4O. The van der Waals surface area contributed by atoms with E-state index in [0.717, 1.165) is 64.6 Å². The Balaban J connectivity index is 0.963.